The van der Waals surface area contributed by atoms with E-state index in [-0.39, 0.29) is 0 Å². The molecule has 1 heterocycles. The highest BCUT2D eigenvalue weighted by molar-refractivity contribution is 5.58. The highest BCUT2D eigenvalue weighted by Crippen LogP contribution is 2.19. The average molecular weight is 399 g/mol. The fourth-order valence-electron chi connectivity index (χ4n) is 3.17. The summed E-state index contributed by atoms with van der Waals surface area (Å²) in [5.41, 5.74) is 3.35. The van der Waals surface area contributed by atoms with Crippen LogP contribution in [-0.4, -0.2) is 29.8 Å². The van der Waals surface area contributed by atoms with Crippen LogP contribution in [0.2, 0.25) is 0 Å². The number of unbranched alkanes of at least 4 members (excludes halogenated alkanes) is 3. The highest BCUT2D eigenvalue weighted by Gasteiger charge is 2.03. The fourth-order valence-corrected chi connectivity index (χ4v) is 3.17. The van der Waals surface area contributed by atoms with E-state index in [4.69, 9.17) is 9.47 Å². The SMILES string of the molecule is CCCCCOCCOc1cnc(-c2ccc(CCCCC(C)CC)cc2)cn1. The van der Waals surface area contributed by atoms with Crippen LogP contribution >= 0.6 is 0 Å². The third kappa shape index (κ3) is 9.40. The monoisotopic (exact) mass is 398 g/mol. The number of aromatic nitrogens is 2. The zero-order chi connectivity index (χ0) is 20.7. The van der Waals surface area contributed by atoms with Crippen molar-refractivity contribution >= 4 is 0 Å². The second kappa shape index (κ2) is 14.1. The van der Waals surface area contributed by atoms with Crippen LogP contribution in [0.25, 0.3) is 11.3 Å². The van der Waals surface area contributed by atoms with Crippen LogP contribution in [0.5, 0.6) is 5.88 Å². The van der Waals surface area contributed by atoms with Crippen molar-refractivity contribution in [3.8, 4) is 17.1 Å². The van der Waals surface area contributed by atoms with Gasteiger partial charge in [-0.25, -0.2) is 9.97 Å². The number of ether oxygens (including phenoxy) is 2. The van der Waals surface area contributed by atoms with E-state index in [1.165, 1.54) is 44.1 Å². The van der Waals surface area contributed by atoms with Gasteiger partial charge >= 0.3 is 0 Å². The smallest absolute Gasteiger partial charge is 0.232 e. The van der Waals surface area contributed by atoms with Gasteiger partial charge in [0.25, 0.3) is 0 Å². The van der Waals surface area contributed by atoms with E-state index < -0.39 is 0 Å². The predicted molar refractivity (Wildman–Crippen MR) is 120 cm³/mol. The number of aryl methyl sites for hydroxylation is 1. The van der Waals surface area contributed by atoms with E-state index in [1.54, 1.807) is 12.4 Å². The molecule has 0 aliphatic heterocycles. The van der Waals surface area contributed by atoms with Crippen molar-refractivity contribution in [2.24, 2.45) is 5.92 Å². The highest BCUT2D eigenvalue weighted by atomic mass is 16.5. The van der Waals surface area contributed by atoms with Gasteiger partial charge in [0, 0.05) is 12.2 Å². The molecule has 0 aliphatic rings. The van der Waals surface area contributed by atoms with E-state index >= 15 is 0 Å². The predicted octanol–water partition coefficient (Wildman–Crippen LogP) is 6.49. The zero-order valence-electron chi connectivity index (χ0n) is 18.5. The summed E-state index contributed by atoms with van der Waals surface area (Å²) in [5.74, 6) is 1.39. The van der Waals surface area contributed by atoms with Crippen LogP contribution in [-0.2, 0) is 11.2 Å². The van der Waals surface area contributed by atoms with Gasteiger partial charge in [0.2, 0.25) is 5.88 Å². The van der Waals surface area contributed by atoms with Gasteiger partial charge in [-0.05, 0) is 30.7 Å². The summed E-state index contributed by atoms with van der Waals surface area (Å²) in [6.45, 7) is 8.70. The summed E-state index contributed by atoms with van der Waals surface area (Å²) in [6, 6.07) is 8.69. The third-order valence-corrected chi connectivity index (χ3v) is 5.36. The van der Waals surface area contributed by atoms with Crippen molar-refractivity contribution in [2.75, 3.05) is 19.8 Å². The Morgan fingerprint density at radius 1 is 0.862 bits per heavy atom. The van der Waals surface area contributed by atoms with Gasteiger partial charge < -0.3 is 9.47 Å². The Morgan fingerprint density at radius 2 is 1.69 bits per heavy atom. The van der Waals surface area contributed by atoms with Crippen molar-refractivity contribution in [3.63, 3.8) is 0 Å². The molecule has 0 bridgehead atoms. The lowest BCUT2D eigenvalue weighted by Crippen LogP contribution is -2.08. The van der Waals surface area contributed by atoms with Crippen LogP contribution in [0.4, 0.5) is 0 Å². The summed E-state index contributed by atoms with van der Waals surface area (Å²) in [4.78, 5) is 8.86. The first-order valence-corrected chi connectivity index (χ1v) is 11.3. The average Bonchev–Trinajstić information content (AvgIpc) is 2.77. The van der Waals surface area contributed by atoms with Gasteiger partial charge in [0.1, 0.15) is 6.61 Å². The molecule has 4 nitrogen and oxygen atoms in total. The normalized spacial score (nSPS) is 12.1. The molecule has 1 unspecified atom stereocenters. The summed E-state index contributed by atoms with van der Waals surface area (Å²) < 4.78 is 11.1. The minimum Gasteiger partial charge on any atom is -0.474 e. The van der Waals surface area contributed by atoms with E-state index in [1.807, 2.05) is 0 Å². The van der Waals surface area contributed by atoms with Crippen molar-refractivity contribution in [1.29, 1.82) is 0 Å². The van der Waals surface area contributed by atoms with Crippen LogP contribution in [0, 0.1) is 5.92 Å². The molecule has 1 atom stereocenters. The first-order valence-electron chi connectivity index (χ1n) is 11.3. The molecule has 0 amide bonds. The van der Waals surface area contributed by atoms with Gasteiger partial charge in [-0.15, -0.1) is 0 Å². The minimum absolute atomic E-state index is 0.506. The molecule has 2 aromatic rings. The molecule has 0 fully saturated rings. The maximum atomic E-state index is 5.60. The molecule has 0 N–H and O–H groups in total. The Kier molecular flexibility index (Phi) is 11.4. The first-order chi connectivity index (χ1) is 14.2. The Hall–Kier alpha value is -1.94. The Morgan fingerprint density at radius 3 is 2.38 bits per heavy atom. The van der Waals surface area contributed by atoms with Gasteiger partial charge in [-0.1, -0.05) is 77.1 Å². The molecular formula is C25H38N2O2. The van der Waals surface area contributed by atoms with Gasteiger partial charge in [-0.3, -0.25) is 0 Å². The molecule has 4 heteroatoms. The second-order valence-corrected chi connectivity index (χ2v) is 7.86. The molecule has 0 aliphatic carbocycles. The summed E-state index contributed by atoms with van der Waals surface area (Å²) in [5, 5.41) is 0. The summed E-state index contributed by atoms with van der Waals surface area (Å²) in [7, 11) is 0. The Balaban J connectivity index is 1.70. The molecule has 1 aromatic carbocycles. The lowest BCUT2D eigenvalue weighted by Gasteiger charge is -2.08. The standard InChI is InChI=1S/C25H38N2O2/c1-4-6-9-16-28-17-18-29-25-20-26-24(19-27-25)23-14-12-22(13-15-23)11-8-7-10-21(3)5-2/h12-15,19-21H,4-11,16-18H2,1-3H3. The topological polar surface area (TPSA) is 44.2 Å². The van der Waals surface area contributed by atoms with E-state index in [9.17, 15) is 0 Å². The van der Waals surface area contributed by atoms with E-state index in [0.29, 0.717) is 19.1 Å². The molecule has 160 valence electrons. The molecule has 0 saturated heterocycles. The van der Waals surface area contributed by atoms with Crippen LogP contribution in [0.15, 0.2) is 36.7 Å². The molecule has 0 saturated carbocycles. The third-order valence-electron chi connectivity index (χ3n) is 5.36. The molecular weight excluding hydrogens is 360 g/mol. The molecule has 0 spiro atoms. The number of nitrogens with zero attached hydrogens (tertiary/aromatic N) is 2. The Labute approximate surface area is 177 Å². The van der Waals surface area contributed by atoms with Gasteiger partial charge in [-0.2, -0.15) is 0 Å². The molecule has 1 aromatic heterocycles. The van der Waals surface area contributed by atoms with Crippen molar-refractivity contribution in [2.45, 2.75) is 72.1 Å². The summed E-state index contributed by atoms with van der Waals surface area (Å²) in [6.07, 6.45) is 13.3. The maximum absolute atomic E-state index is 5.60. The number of rotatable bonds is 15. The van der Waals surface area contributed by atoms with Crippen LogP contribution in [0.3, 0.4) is 0 Å². The van der Waals surface area contributed by atoms with Crippen molar-refractivity contribution < 1.29 is 9.47 Å². The molecule has 29 heavy (non-hydrogen) atoms. The van der Waals surface area contributed by atoms with E-state index in [2.05, 4.69) is 55.0 Å². The number of benzene rings is 1. The van der Waals surface area contributed by atoms with Gasteiger partial charge in [0.05, 0.1) is 24.7 Å². The lowest BCUT2D eigenvalue weighted by molar-refractivity contribution is 0.0957. The number of hydrogen-bond donors (Lipinski definition) is 0. The second-order valence-electron chi connectivity index (χ2n) is 7.86. The largest absolute Gasteiger partial charge is 0.474 e. The van der Waals surface area contributed by atoms with Crippen molar-refractivity contribution in [1.82, 2.24) is 9.97 Å². The quantitative estimate of drug-likeness (QED) is 0.322. The first kappa shape index (κ1) is 23.3. The van der Waals surface area contributed by atoms with Crippen LogP contribution < -0.4 is 4.74 Å². The summed E-state index contributed by atoms with van der Waals surface area (Å²) >= 11 is 0. The lowest BCUT2D eigenvalue weighted by atomic mass is 9.99. The van der Waals surface area contributed by atoms with Crippen LogP contribution in [0.1, 0.15) is 71.3 Å². The molecule has 0 radical (unpaired) electrons. The molecule has 2 rings (SSSR count). The van der Waals surface area contributed by atoms with E-state index in [0.717, 1.165) is 36.6 Å². The fraction of sp³-hybridized carbons (Fsp3) is 0.600. The maximum Gasteiger partial charge on any atom is 0.232 e. The van der Waals surface area contributed by atoms with Crippen molar-refractivity contribution in [3.05, 3.63) is 42.2 Å². The number of hydrogen-bond acceptors (Lipinski definition) is 4. The minimum atomic E-state index is 0.506. The Bertz CT molecular complexity index is 656. The van der Waals surface area contributed by atoms with Gasteiger partial charge in [0.15, 0.2) is 0 Å². The zero-order valence-corrected chi connectivity index (χ0v) is 18.5.